The Bertz CT molecular complexity index is 575. The number of hydrogen-bond acceptors (Lipinski definition) is 1. The lowest BCUT2D eigenvalue weighted by molar-refractivity contribution is -0.116. The Morgan fingerprint density at radius 1 is 0.950 bits per heavy atom. The molecule has 0 atom stereocenters. The summed E-state index contributed by atoms with van der Waals surface area (Å²) >= 11 is 5.73. The van der Waals surface area contributed by atoms with Gasteiger partial charge in [0.15, 0.2) is 0 Å². The average Bonchev–Trinajstić information content (AvgIpc) is 2.47. The van der Waals surface area contributed by atoms with E-state index >= 15 is 0 Å². The summed E-state index contributed by atoms with van der Waals surface area (Å²) in [5.74, 6) is -0.101. The fourth-order valence-corrected chi connectivity index (χ4v) is 2.14. The minimum atomic E-state index is -0.0869. The van der Waals surface area contributed by atoms with Gasteiger partial charge < -0.3 is 4.90 Å². The second-order valence-electron chi connectivity index (χ2n) is 4.93. The third kappa shape index (κ3) is 3.61. The van der Waals surface area contributed by atoms with Gasteiger partial charge in [-0.2, -0.15) is 0 Å². The normalized spacial score (nSPS) is 10.3. The van der Waals surface area contributed by atoms with E-state index in [1.807, 2.05) is 62.4 Å². The molecule has 0 heterocycles. The Morgan fingerprint density at radius 3 is 1.95 bits per heavy atom. The molecule has 0 aliphatic heterocycles. The van der Waals surface area contributed by atoms with Gasteiger partial charge in [0.25, 0.3) is 0 Å². The first kappa shape index (κ1) is 14.6. The number of nitrogens with zero attached hydrogens (tertiary/aromatic N) is 1. The molecule has 20 heavy (non-hydrogen) atoms. The Hall–Kier alpha value is -1.80. The van der Waals surface area contributed by atoms with E-state index in [4.69, 9.17) is 11.6 Å². The van der Waals surface area contributed by atoms with Crippen molar-refractivity contribution in [1.82, 2.24) is 0 Å². The molecule has 0 unspecified atom stereocenters. The van der Waals surface area contributed by atoms with Gasteiger partial charge in [-0.15, -0.1) is 11.6 Å². The van der Waals surface area contributed by atoms with E-state index in [1.54, 1.807) is 4.90 Å². The number of anilines is 1. The molecule has 2 aromatic rings. The fourth-order valence-electron chi connectivity index (χ4n) is 2.00. The molecule has 0 saturated carbocycles. The summed E-state index contributed by atoms with van der Waals surface area (Å²) in [6.45, 7) is 4.61. The van der Waals surface area contributed by atoms with Crippen molar-refractivity contribution >= 4 is 23.2 Å². The van der Waals surface area contributed by atoms with Crippen LogP contribution >= 0.6 is 11.6 Å². The van der Waals surface area contributed by atoms with Gasteiger partial charge >= 0.3 is 0 Å². The van der Waals surface area contributed by atoms with Gasteiger partial charge in [0.1, 0.15) is 5.88 Å². The quantitative estimate of drug-likeness (QED) is 0.776. The molecule has 0 aliphatic rings. The summed E-state index contributed by atoms with van der Waals surface area (Å²) in [5.41, 5.74) is 4.35. The molecule has 0 bridgehead atoms. The van der Waals surface area contributed by atoms with Crippen molar-refractivity contribution in [2.24, 2.45) is 0 Å². The maximum atomic E-state index is 12.1. The smallest absolute Gasteiger partial charge is 0.242 e. The van der Waals surface area contributed by atoms with Gasteiger partial charge in [0.2, 0.25) is 5.91 Å². The highest BCUT2D eigenvalue weighted by Gasteiger charge is 2.15. The van der Waals surface area contributed by atoms with Gasteiger partial charge in [0.05, 0.1) is 6.54 Å². The number of halogens is 1. The topological polar surface area (TPSA) is 20.3 Å². The summed E-state index contributed by atoms with van der Waals surface area (Å²) in [5, 5.41) is 0. The molecule has 0 N–H and O–H groups in total. The van der Waals surface area contributed by atoms with Crippen LogP contribution in [0.3, 0.4) is 0 Å². The first-order chi connectivity index (χ1) is 9.60. The fraction of sp³-hybridized carbons (Fsp3) is 0.235. The number of rotatable bonds is 4. The third-order valence-corrected chi connectivity index (χ3v) is 3.45. The van der Waals surface area contributed by atoms with E-state index in [9.17, 15) is 4.79 Å². The number of benzene rings is 2. The summed E-state index contributed by atoms with van der Waals surface area (Å²) in [7, 11) is 0. The number of amides is 1. The van der Waals surface area contributed by atoms with Gasteiger partial charge in [-0.05, 0) is 31.5 Å². The van der Waals surface area contributed by atoms with Gasteiger partial charge in [-0.3, -0.25) is 4.79 Å². The molecule has 2 aromatic carbocycles. The monoisotopic (exact) mass is 287 g/mol. The molecule has 0 aromatic heterocycles. The lowest BCUT2D eigenvalue weighted by atomic mass is 10.1. The predicted octanol–water partition coefficient (Wildman–Crippen LogP) is 4.08. The van der Waals surface area contributed by atoms with E-state index in [1.165, 1.54) is 11.1 Å². The van der Waals surface area contributed by atoms with Crippen molar-refractivity contribution in [3.8, 4) is 0 Å². The van der Waals surface area contributed by atoms with Gasteiger partial charge in [-0.1, -0.05) is 47.5 Å². The molecule has 104 valence electrons. The maximum Gasteiger partial charge on any atom is 0.242 e. The third-order valence-electron chi connectivity index (χ3n) is 3.22. The Kier molecular flexibility index (Phi) is 4.80. The number of carbonyl (C=O) groups excluding carboxylic acids is 1. The molecule has 0 aliphatic carbocycles. The standard InChI is InChI=1S/C17H18ClNO/c1-13-3-7-15(8-4-13)12-19(17(20)11-18)16-9-5-14(2)6-10-16/h3-10H,11-12H2,1-2H3. The highest BCUT2D eigenvalue weighted by molar-refractivity contribution is 6.29. The second kappa shape index (κ2) is 6.58. The number of carbonyl (C=O) groups is 1. The van der Waals surface area contributed by atoms with Gasteiger partial charge in [-0.25, -0.2) is 0 Å². The van der Waals surface area contributed by atoms with Crippen molar-refractivity contribution in [3.63, 3.8) is 0 Å². The Balaban J connectivity index is 2.26. The van der Waals surface area contributed by atoms with E-state index in [0.717, 1.165) is 11.3 Å². The van der Waals surface area contributed by atoms with Gasteiger partial charge in [0, 0.05) is 5.69 Å². The van der Waals surface area contributed by atoms with Crippen LogP contribution in [0.2, 0.25) is 0 Å². The molecule has 0 fully saturated rings. The molecule has 2 nitrogen and oxygen atoms in total. The Morgan fingerprint density at radius 2 is 1.45 bits per heavy atom. The highest BCUT2D eigenvalue weighted by atomic mass is 35.5. The van der Waals surface area contributed by atoms with Crippen LogP contribution < -0.4 is 4.90 Å². The predicted molar refractivity (Wildman–Crippen MR) is 84.3 cm³/mol. The van der Waals surface area contributed by atoms with Crippen LogP contribution in [0.5, 0.6) is 0 Å². The van der Waals surface area contributed by atoms with Crippen LogP contribution in [-0.2, 0) is 11.3 Å². The molecular formula is C17H18ClNO. The first-order valence-corrected chi connectivity index (χ1v) is 7.12. The van der Waals surface area contributed by atoms with Crippen molar-refractivity contribution in [2.45, 2.75) is 20.4 Å². The minimum Gasteiger partial charge on any atom is -0.307 e. The zero-order valence-corrected chi connectivity index (χ0v) is 12.5. The molecule has 2 rings (SSSR count). The largest absolute Gasteiger partial charge is 0.307 e. The molecule has 0 radical (unpaired) electrons. The van der Waals surface area contributed by atoms with E-state index < -0.39 is 0 Å². The summed E-state index contributed by atoms with van der Waals surface area (Å²) in [6, 6.07) is 16.1. The van der Waals surface area contributed by atoms with Crippen molar-refractivity contribution in [2.75, 3.05) is 10.8 Å². The molecule has 0 saturated heterocycles. The summed E-state index contributed by atoms with van der Waals surface area (Å²) in [6.07, 6.45) is 0. The zero-order valence-electron chi connectivity index (χ0n) is 11.8. The minimum absolute atomic E-state index is 0.0141. The van der Waals surface area contributed by atoms with Crippen LogP contribution in [0.1, 0.15) is 16.7 Å². The SMILES string of the molecule is Cc1ccc(CN(C(=O)CCl)c2ccc(C)cc2)cc1. The molecule has 3 heteroatoms. The van der Waals surface area contributed by atoms with Crippen molar-refractivity contribution in [3.05, 3.63) is 65.2 Å². The van der Waals surface area contributed by atoms with E-state index in [2.05, 4.69) is 0 Å². The summed E-state index contributed by atoms with van der Waals surface area (Å²) in [4.78, 5) is 13.8. The summed E-state index contributed by atoms with van der Waals surface area (Å²) < 4.78 is 0. The first-order valence-electron chi connectivity index (χ1n) is 6.58. The van der Waals surface area contributed by atoms with Crippen LogP contribution in [0.4, 0.5) is 5.69 Å². The van der Waals surface area contributed by atoms with Crippen LogP contribution in [0.15, 0.2) is 48.5 Å². The van der Waals surface area contributed by atoms with Crippen molar-refractivity contribution < 1.29 is 4.79 Å². The highest BCUT2D eigenvalue weighted by Crippen LogP contribution is 2.19. The number of aryl methyl sites for hydroxylation is 2. The lowest BCUT2D eigenvalue weighted by Crippen LogP contribution is -2.31. The van der Waals surface area contributed by atoms with E-state index in [-0.39, 0.29) is 11.8 Å². The molecule has 1 amide bonds. The van der Waals surface area contributed by atoms with Crippen molar-refractivity contribution in [1.29, 1.82) is 0 Å². The van der Waals surface area contributed by atoms with Crippen LogP contribution in [-0.4, -0.2) is 11.8 Å². The molecular weight excluding hydrogens is 270 g/mol. The number of hydrogen-bond donors (Lipinski definition) is 0. The van der Waals surface area contributed by atoms with Crippen LogP contribution in [0, 0.1) is 13.8 Å². The van der Waals surface area contributed by atoms with Crippen LogP contribution in [0.25, 0.3) is 0 Å². The lowest BCUT2D eigenvalue weighted by Gasteiger charge is -2.22. The average molecular weight is 288 g/mol. The Labute approximate surface area is 125 Å². The second-order valence-corrected chi connectivity index (χ2v) is 5.20. The number of alkyl halides is 1. The molecule has 0 spiro atoms. The zero-order chi connectivity index (χ0) is 14.5. The maximum absolute atomic E-state index is 12.1. The van der Waals surface area contributed by atoms with E-state index in [0.29, 0.717) is 6.54 Å².